The van der Waals surface area contributed by atoms with Crippen molar-refractivity contribution < 1.29 is 14.1 Å². The number of carbonyl (C=O) groups excluding carboxylic acids is 1. The van der Waals surface area contributed by atoms with Crippen LogP contribution in [-0.4, -0.2) is 60.3 Å². The normalized spacial score (nSPS) is 19.2. The topological polar surface area (TPSA) is 71.7 Å². The van der Waals surface area contributed by atoms with Crippen LogP contribution in [0.1, 0.15) is 35.0 Å². The molecule has 0 aliphatic carbocycles. The van der Waals surface area contributed by atoms with Crippen LogP contribution in [0, 0.1) is 0 Å². The summed E-state index contributed by atoms with van der Waals surface area (Å²) in [5, 5.41) is 4.12. The molecule has 132 valence electrons. The standard InChI is InChI=1S/C18H22N4O3/c23-17(15-4-2-1-3-5-15)21-8-6-14(7-9-21)16-19-18(20-25-16)22-10-12-24-13-11-22/h1-5,14H,6-13H2. The first-order valence-corrected chi connectivity index (χ1v) is 8.82. The third kappa shape index (κ3) is 3.51. The van der Waals surface area contributed by atoms with Gasteiger partial charge >= 0.3 is 0 Å². The van der Waals surface area contributed by atoms with Gasteiger partial charge in [0.2, 0.25) is 5.89 Å². The van der Waals surface area contributed by atoms with Crippen LogP contribution in [0.2, 0.25) is 0 Å². The van der Waals surface area contributed by atoms with Crippen molar-refractivity contribution >= 4 is 11.9 Å². The van der Waals surface area contributed by atoms with E-state index in [0.717, 1.165) is 31.5 Å². The largest absolute Gasteiger partial charge is 0.378 e. The van der Waals surface area contributed by atoms with Gasteiger partial charge in [-0.25, -0.2) is 0 Å². The van der Waals surface area contributed by atoms with Crippen LogP contribution in [0.5, 0.6) is 0 Å². The average Bonchev–Trinajstić information content (AvgIpc) is 3.19. The monoisotopic (exact) mass is 342 g/mol. The van der Waals surface area contributed by atoms with Gasteiger partial charge in [0.05, 0.1) is 13.2 Å². The average molecular weight is 342 g/mol. The van der Waals surface area contributed by atoms with Gasteiger partial charge in [0.25, 0.3) is 11.9 Å². The van der Waals surface area contributed by atoms with Crippen molar-refractivity contribution in [2.24, 2.45) is 0 Å². The fourth-order valence-corrected chi connectivity index (χ4v) is 3.38. The zero-order chi connectivity index (χ0) is 17.1. The second kappa shape index (κ2) is 7.23. The van der Waals surface area contributed by atoms with Gasteiger partial charge in [-0.15, -0.1) is 0 Å². The van der Waals surface area contributed by atoms with E-state index < -0.39 is 0 Å². The van der Waals surface area contributed by atoms with Crippen molar-refractivity contribution in [3.8, 4) is 0 Å². The van der Waals surface area contributed by atoms with Gasteiger partial charge in [0.15, 0.2) is 0 Å². The molecule has 0 bridgehead atoms. The van der Waals surface area contributed by atoms with Crippen LogP contribution in [0.25, 0.3) is 0 Å². The van der Waals surface area contributed by atoms with Gasteiger partial charge in [-0.2, -0.15) is 4.98 Å². The number of morpholine rings is 1. The first-order chi connectivity index (χ1) is 12.3. The molecule has 1 aromatic heterocycles. The molecule has 25 heavy (non-hydrogen) atoms. The highest BCUT2D eigenvalue weighted by Crippen LogP contribution is 2.28. The summed E-state index contributed by atoms with van der Waals surface area (Å²) in [7, 11) is 0. The molecule has 3 heterocycles. The molecule has 0 radical (unpaired) electrons. The summed E-state index contributed by atoms with van der Waals surface area (Å²) < 4.78 is 10.8. The van der Waals surface area contributed by atoms with E-state index in [1.807, 2.05) is 35.2 Å². The minimum atomic E-state index is 0.0959. The minimum Gasteiger partial charge on any atom is -0.378 e. The number of nitrogens with zero attached hydrogens (tertiary/aromatic N) is 4. The summed E-state index contributed by atoms with van der Waals surface area (Å²) in [6.45, 7) is 4.42. The number of aromatic nitrogens is 2. The van der Waals surface area contributed by atoms with Crippen molar-refractivity contribution in [2.45, 2.75) is 18.8 Å². The van der Waals surface area contributed by atoms with Gasteiger partial charge < -0.3 is 19.1 Å². The van der Waals surface area contributed by atoms with Crippen LogP contribution in [0.4, 0.5) is 5.95 Å². The summed E-state index contributed by atoms with van der Waals surface area (Å²) in [5.74, 6) is 1.66. The number of carbonyl (C=O) groups is 1. The van der Waals surface area contributed by atoms with Crippen molar-refractivity contribution in [1.82, 2.24) is 15.0 Å². The van der Waals surface area contributed by atoms with E-state index in [0.29, 0.717) is 38.1 Å². The molecule has 1 aromatic carbocycles. The number of amides is 1. The van der Waals surface area contributed by atoms with Gasteiger partial charge in [0, 0.05) is 37.7 Å². The Balaban J connectivity index is 1.36. The third-order valence-corrected chi connectivity index (χ3v) is 4.88. The van der Waals surface area contributed by atoms with Crippen LogP contribution in [0.3, 0.4) is 0 Å². The maximum atomic E-state index is 12.5. The Kier molecular flexibility index (Phi) is 4.65. The Morgan fingerprint density at radius 3 is 2.48 bits per heavy atom. The Morgan fingerprint density at radius 1 is 1.04 bits per heavy atom. The van der Waals surface area contributed by atoms with E-state index in [1.165, 1.54) is 0 Å². The molecule has 2 aromatic rings. The highest BCUT2D eigenvalue weighted by molar-refractivity contribution is 5.94. The lowest BCUT2D eigenvalue weighted by atomic mass is 9.96. The van der Waals surface area contributed by atoms with Gasteiger partial charge in [-0.3, -0.25) is 4.79 Å². The number of benzene rings is 1. The second-order valence-corrected chi connectivity index (χ2v) is 6.46. The summed E-state index contributed by atoms with van der Waals surface area (Å²) in [5.41, 5.74) is 0.744. The van der Waals surface area contributed by atoms with Crippen molar-refractivity contribution in [1.29, 1.82) is 0 Å². The fourth-order valence-electron chi connectivity index (χ4n) is 3.38. The van der Waals surface area contributed by atoms with E-state index in [4.69, 9.17) is 9.26 Å². The minimum absolute atomic E-state index is 0.0959. The second-order valence-electron chi connectivity index (χ2n) is 6.46. The first-order valence-electron chi connectivity index (χ1n) is 8.82. The summed E-state index contributed by atoms with van der Waals surface area (Å²) in [6.07, 6.45) is 1.70. The number of piperidine rings is 1. The van der Waals surface area contributed by atoms with Gasteiger partial charge in [0.1, 0.15) is 0 Å². The number of likely N-dealkylation sites (tertiary alicyclic amines) is 1. The van der Waals surface area contributed by atoms with Crippen LogP contribution in [0.15, 0.2) is 34.9 Å². The summed E-state index contributed by atoms with van der Waals surface area (Å²) in [4.78, 5) is 21.1. The molecule has 2 aliphatic heterocycles. The summed E-state index contributed by atoms with van der Waals surface area (Å²) >= 11 is 0. The zero-order valence-corrected chi connectivity index (χ0v) is 14.1. The molecule has 0 spiro atoms. The predicted octanol–water partition coefficient (Wildman–Crippen LogP) is 1.93. The Bertz CT molecular complexity index is 704. The maximum Gasteiger partial charge on any atom is 0.266 e. The van der Waals surface area contributed by atoms with E-state index in [9.17, 15) is 4.79 Å². The number of ether oxygens (including phenoxy) is 1. The number of anilines is 1. The van der Waals surface area contributed by atoms with Gasteiger partial charge in [-0.1, -0.05) is 18.2 Å². The number of hydrogen-bond donors (Lipinski definition) is 0. The lowest BCUT2D eigenvalue weighted by Gasteiger charge is -2.30. The maximum absolute atomic E-state index is 12.5. The van der Waals surface area contributed by atoms with Gasteiger partial charge in [-0.05, 0) is 30.1 Å². The molecule has 2 fully saturated rings. The molecule has 2 saturated heterocycles. The lowest BCUT2D eigenvalue weighted by Crippen LogP contribution is -2.38. The van der Waals surface area contributed by atoms with Crippen molar-refractivity contribution in [2.75, 3.05) is 44.3 Å². The van der Waals surface area contributed by atoms with E-state index in [2.05, 4.69) is 15.0 Å². The molecule has 7 heteroatoms. The Labute approximate surface area is 146 Å². The highest BCUT2D eigenvalue weighted by Gasteiger charge is 2.28. The van der Waals surface area contributed by atoms with E-state index in [1.54, 1.807) is 0 Å². The smallest absolute Gasteiger partial charge is 0.266 e. The van der Waals surface area contributed by atoms with Crippen LogP contribution in [-0.2, 0) is 4.74 Å². The number of rotatable bonds is 3. The van der Waals surface area contributed by atoms with E-state index >= 15 is 0 Å². The fraction of sp³-hybridized carbons (Fsp3) is 0.500. The predicted molar refractivity (Wildman–Crippen MR) is 91.7 cm³/mol. The molecule has 0 saturated carbocycles. The molecule has 0 unspecified atom stereocenters. The Morgan fingerprint density at radius 2 is 1.76 bits per heavy atom. The molecule has 1 amide bonds. The Hall–Kier alpha value is -2.41. The lowest BCUT2D eigenvalue weighted by molar-refractivity contribution is 0.0704. The first kappa shape index (κ1) is 16.1. The quantitative estimate of drug-likeness (QED) is 0.849. The van der Waals surface area contributed by atoms with E-state index in [-0.39, 0.29) is 11.8 Å². The molecular formula is C18H22N4O3. The molecule has 4 rings (SSSR count). The van der Waals surface area contributed by atoms with Crippen LogP contribution < -0.4 is 4.90 Å². The zero-order valence-electron chi connectivity index (χ0n) is 14.1. The SMILES string of the molecule is O=C(c1ccccc1)N1CCC(c2nc(N3CCOCC3)no2)CC1. The third-order valence-electron chi connectivity index (χ3n) is 4.88. The molecule has 0 atom stereocenters. The highest BCUT2D eigenvalue weighted by atomic mass is 16.5. The van der Waals surface area contributed by atoms with Crippen LogP contribution >= 0.6 is 0 Å². The molecular weight excluding hydrogens is 320 g/mol. The molecule has 7 nitrogen and oxygen atoms in total. The van der Waals surface area contributed by atoms with Crippen molar-refractivity contribution in [3.05, 3.63) is 41.8 Å². The molecule has 0 N–H and O–H groups in total. The molecule has 2 aliphatic rings. The summed E-state index contributed by atoms with van der Waals surface area (Å²) in [6, 6.07) is 9.43. The van der Waals surface area contributed by atoms with Crippen molar-refractivity contribution in [3.63, 3.8) is 0 Å². The number of hydrogen-bond acceptors (Lipinski definition) is 6.